The average Bonchev–Trinajstić information content (AvgIpc) is 3.79. The summed E-state index contributed by atoms with van der Waals surface area (Å²) in [5.74, 6) is -3.12. The topological polar surface area (TPSA) is 305 Å². The van der Waals surface area contributed by atoms with Crippen LogP contribution in [0.2, 0.25) is 5.02 Å². The van der Waals surface area contributed by atoms with Gasteiger partial charge < -0.3 is 58.6 Å². The van der Waals surface area contributed by atoms with Crippen LogP contribution in [0.15, 0.2) is 91.1 Å². The molecule has 70 heavy (non-hydrogen) atoms. The molecule has 5 amide bonds. The number of ketones is 1. The number of halogens is 1. The Hall–Kier alpha value is -7.32. The number of nitrogens with one attached hydrogen (secondary N) is 5. The van der Waals surface area contributed by atoms with Crippen LogP contribution in [0.1, 0.15) is 71.1 Å². The Bertz CT molecular complexity index is 2660. The molecule has 1 aliphatic heterocycles. The second-order valence-electron chi connectivity index (χ2n) is 16.9. The number of aromatic nitrogens is 2. The number of H-pyrrole nitrogens is 1. The van der Waals surface area contributed by atoms with Crippen LogP contribution in [0.25, 0.3) is 22.3 Å². The molecule has 6 rings (SSSR count). The zero-order chi connectivity index (χ0) is 50.5. The van der Waals surface area contributed by atoms with Gasteiger partial charge in [0.15, 0.2) is 0 Å². The molecule has 20 heteroatoms. The van der Waals surface area contributed by atoms with Crippen LogP contribution >= 0.6 is 11.6 Å². The Kier molecular flexibility index (Phi) is 18.1. The number of benzene rings is 4. The van der Waals surface area contributed by atoms with Crippen LogP contribution in [0.5, 0.6) is 11.5 Å². The fourth-order valence-electron chi connectivity index (χ4n) is 7.99. The number of amides is 5. The Labute approximate surface area is 410 Å². The fraction of sp³-hybridized carbons (Fsp3) is 0.340. The lowest BCUT2D eigenvalue weighted by molar-refractivity contribution is -0.141. The zero-order valence-electron chi connectivity index (χ0n) is 39.3. The Morgan fingerprint density at radius 1 is 0.814 bits per heavy atom. The van der Waals surface area contributed by atoms with Gasteiger partial charge >= 0.3 is 0 Å². The highest BCUT2D eigenvalue weighted by molar-refractivity contribution is 6.30. The summed E-state index contributed by atoms with van der Waals surface area (Å²) in [6.07, 6.45) is 2.43. The van der Waals surface area contributed by atoms with Gasteiger partial charge in [-0.2, -0.15) is 5.10 Å². The van der Waals surface area contributed by atoms with E-state index in [2.05, 4.69) is 31.5 Å². The minimum atomic E-state index is -1.40. The number of aromatic amines is 1. The SMILES string of the molecule is CC1NC(=O)C(N(C)C(=O)C(CCCCN)NC(=O)c2ccc(-c3ccc(Cl)cc3)cc2)c2ccc(OCCN)c(c2)-c2cc(ccc2OCCN)CC(C(=O)NC(C)C(=O)c2[nH]ncc2N)NC1=O. The number of carbonyl (C=O) groups excluding carboxylic acids is 6. The molecule has 0 saturated carbocycles. The normalized spacial score (nSPS) is 16.6. The highest BCUT2D eigenvalue weighted by Gasteiger charge is 2.36. The van der Waals surface area contributed by atoms with Crippen molar-refractivity contribution >= 4 is 52.6 Å². The van der Waals surface area contributed by atoms with E-state index in [1.807, 2.05) is 12.1 Å². The number of hydrogen-bond donors (Lipinski definition) is 9. The summed E-state index contributed by atoms with van der Waals surface area (Å²) in [4.78, 5) is 86.2. The predicted molar refractivity (Wildman–Crippen MR) is 266 cm³/mol. The number of nitrogens with two attached hydrogens (primary N) is 4. The maximum absolute atomic E-state index is 14.9. The molecule has 4 bridgehead atoms. The monoisotopic (exact) mass is 977 g/mol. The molecule has 13 N–H and O–H groups in total. The largest absolute Gasteiger partial charge is 0.492 e. The standard InChI is InChI=1S/C50H60ClN11O8/c1-28(45(63)43-38(55)27-56-61-43)57-48(66)40-25-30-7-17-41(69-22-20-53)36(24-30)37-26-34(14-18-42(37)70-23-21-54)44(49(67)58-29(2)46(64)60-40)62(3)50(68)39(6-4-5-19-52)59-47(65)33-10-8-31(9-11-33)32-12-15-35(51)16-13-32/h7-18,24,26-29,39-40,44H,4-6,19-23,25,52-55H2,1-3H3,(H,56,61)(H,57,66)(H,58,67)(H,59,65)(H,60,64). The number of hydrogen-bond acceptors (Lipinski definition) is 13. The number of unbranched alkanes of at least 4 members (excludes halogenated alkanes) is 1. The van der Waals surface area contributed by atoms with Crippen molar-refractivity contribution in [3.05, 3.63) is 119 Å². The third-order valence-corrected chi connectivity index (χ3v) is 12.0. The molecule has 0 fully saturated rings. The molecule has 0 spiro atoms. The van der Waals surface area contributed by atoms with Crippen molar-refractivity contribution in [2.24, 2.45) is 17.2 Å². The summed E-state index contributed by atoms with van der Waals surface area (Å²) in [5.41, 5.74) is 27.5. The second-order valence-corrected chi connectivity index (χ2v) is 17.3. The van der Waals surface area contributed by atoms with E-state index in [1.165, 1.54) is 32.0 Å². The number of carbonyl (C=O) groups is 6. The molecule has 5 unspecified atom stereocenters. The van der Waals surface area contributed by atoms with E-state index in [9.17, 15) is 28.8 Å². The van der Waals surface area contributed by atoms with E-state index >= 15 is 0 Å². The summed E-state index contributed by atoms with van der Waals surface area (Å²) >= 11 is 6.08. The van der Waals surface area contributed by atoms with E-state index in [1.54, 1.807) is 72.8 Å². The van der Waals surface area contributed by atoms with Crippen LogP contribution in [-0.2, 0) is 25.6 Å². The van der Waals surface area contributed by atoms with E-state index in [4.69, 9.17) is 44.0 Å². The second kappa shape index (κ2) is 24.3. The number of anilines is 1. The van der Waals surface area contributed by atoms with E-state index in [-0.39, 0.29) is 50.5 Å². The van der Waals surface area contributed by atoms with Crippen LogP contribution < -0.4 is 53.7 Å². The first kappa shape index (κ1) is 52.1. The van der Waals surface area contributed by atoms with Crippen molar-refractivity contribution in [3.8, 4) is 33.8 Å². The quantitative estimate of drug-likeness (QED) is 0.0425. The summed E-state index contributed by atoms with van der Waals surface area (Å²) in [7, 11) is 1.44. The minimum Gasteiger partial charge on any atom is -0.492 e. The van der Waals surface area contributed by atoms with Crippen molar-refractivity contribution in [3.63, 3.8) is 0 Å². The maximum atomic E-state index is 14.9. The Balaban J connectivity index is 1.39. The Morgan fingerprint density at radius 3 is 2.06 bits per heavy atom. The first-order valence-electron chi connectivity index (χ1n) is 22.9. The molecular formula is C50H60ClN11O8. The number of nitrogen functional groups attached to an aromatic ring is 1. The summed E-state index contributed by atoms with van der Waals surface area (Å²) in [5, 5.41) is 18.0. The fourth-order valence-corrected chi connectivity index (χ4v) is 8.12. The number of Topliss-reactive ketones (excluding diaryl/α,β-unsaturated/α-hetero) is 1. The molecule has 0 saturated heterocycles. The van der Waals surface area contributed by atoms with Gasteiger partial charge in [-0.1, -0.05) is 48.0 Å². The smallest absolute Gasteiger partial charge is 0.251 e. The molecule has 19 nitrogen and oxygen atoms in total. The zero-order valence-corrected chi connectivity index (χ0v) is 40.0. The lowest BCUT2D eigenvalue weighted by Crippen LogP contribution is -2.57. The van der Waals surface area contributed by atoms with Gasteiger partial charge in [-0.05, 0) is 110 Å². The third-order valence-electron chi connectivity index (χ3n) is 11.8. The van der Waals surface area contributed by atoms with Gasteiger partial charge in [0.2, 0.25) is 29.4 Å². The molecule has 2 heterocycles. The van der Waals surface area contributed by atoms with Crippen molar-refractivity contribution in [2.45, 2.75) is 69.7 Å². The summed E-state index contributed by atoms with van der Waals surface area (Å²) in [6.45, 7) is 3.85. The van der Waals surface area contributed by atoms with Crippen molar-refractivity contribution in [1.29, 1.82) is 0 Å². The number of fused-ring (bicyclic) bond motifs is 5. The molecule has 5 aromatic rings. The molecule has 0 aliphatic carbocycles. The molecule has 1 aromatic heterocycles. The molecule has 0 radical (unpaired) electrons. The van der Waals surface area contributed by atoms with Crippen LogP contribution in [0, 0.1) is 0 Å². The predicted octanol–water partition coefficient (Wildman–Crippen LogP) is 3.01. The van der Waals surface area contributed by atoms with E-state index in [0.29, 0.717) is 63.7 Å². The molecule has 370 valence electrons. The van der Waals surface area contributed by atoms with Gasteiger partial charge in [0, 0.05) is 48.3 Å². The van der Waals surface area contributed by atoms with Crippen molar-refractivity contribution < 1.29 is 38.2 Å². The lowest BCUT2D eigenvalue weighted by Gasteiger charge is -2.33. The summed E-state index contributed by atoms with van der Waals surface area (Å²) in [6, 6.07) is 18.2. The first-order valence-corrected chi connectivity index (χ1v) is 23.3. The highest BCUT2D eigenvalue weighted by atomic mass is 35.5. The number of likely N-dealkylation sites (N-methyl/N-ethyl adjacent to an activating group) is 1. The van der Waals surface area contributed by atoms with Crippen molar-refractivity contribution in [2.75, 3.05) is 45.6 Å². The van der Waals surface area contributed by atoms with Gasteiger partial charge in [-0.15, -0.1) is 0 Å². The minimum absolute atomic E-state index is 0.00883. The van der Waals surface area contributed by atoms with E-state index in [0.717, 1.165) is 11.1 Å². The van der Waals surface area contributed by atoms with Gasteiger partial charge in [-0.3, -0.25) is 33.9 Å². The van der Waals surface area contributed by atoms with Gasteiger partial charge in [0.1, 0.15) is 54.6 Å². The van der Waals surface area contributed by atoms with Crippen LogP contribution in [-0.4, -0.2) is 114 Å². The van der Waals surface area contributed by atoms with Crippen LogP contribution in [0.4, 0.5) is 5.69 Å². The van der Waals surface area contributed by atoms with Crippen molar-refractivity contribution in [1.82, 2.24) is 36.4 Å². The number of rotatable bonds is 19. The Morgan fingerprint density at radius 2 is 1.44 bits per heavy atom. The van der Waals surface area contributed by atoms with Gasteiger partial charge in [0.25, 0.3) is 5.91 Å². The lowest BCUT2D eigenvalue weighted by atomic mass is 9.93. The number of nitrogens with zero attached hydrogens (tertiary/aromatic N) is 2. The highest BCUT2D eigenvalue weighted by Crippen LogP contribution is 2.40. The molecule has 4 aromatic carbocycles. The molecule has 1 aliphatic rings. The molecular weight excluding hydrogens is 918 g/mol. The molecule has 5 atom stereocenters. The van der Waals surface area contributed by atoms with Gasteiger partial charge in [-0.25, -0.2) is 0 Å². The summed E-state index contributed by atoms with van der Waals surface area (Å²) < 4.78 is 12.3. The maximum Gasteiger partial charge on any atom is 0.251 e. The average molecular weight is 979 g/mol. The van der Waals surface area contributed by atoms with E-state index < -0.39 is 65.5 Å². The van der Waals surface area contributed by atoms with Gasteiger partial charge in [0.05, 0.1) is 17.9 Å². The third kappa shape index (κ3) is 12.9. The first-order chi connectivity index (χ1) is 33.6. The number of ether oxygens (including phenoxy) is 2. The van der Waals surface area contributed by atoms with Crippen LogP contribution in [0.3, 0.4) is 0 Å².